The van der Waals surface area contributed by atoms with Crippen molar-refractivity contribution in [3.05, 3.63) is 29.8 Å². The van der Waals surface area contributed by atoms with Crippen LogP contribution in [0.5, 0.6) is 5.75 Å². The highest BCUT2D eigenvalue weighted by molar-refractivity contribution is 5.81. The first-order chi connectivity index (χ1) is 9.63. The van der Waals surface area contributed by atoms with Gasteiger partial charge in [0.15, 0.2) is 0 Å². The van der Waals surface area contributed by atoms with Crippen LogP contribution < -0.4 is 10.1 Å². The topological polar surface area (TPSA) is 41.6 Å². The molecule has 4 heteroatoms. The first-order valence-electron chi connectivity index (χ1n) is 7.33. The van der Waals surface area contributed by atoms with E-state index in [0.717, 1.165) is 31.9 Å². The number of amides is 1. The summed E-state index contributed by atoms with van der Waals surface area (Å²) in [5.74, 6) is 1.55. The zero-order valence-electron chi connectivity index (χ0n) is 12.6. The molecule has 2 rings (SSSR count). The Labute approximate surface area is 121 Å². The number of fused-ring (bicyclic) bond motifs is 1. The Morgan fingerprint density at radius 2 is 2.25 bits per heavy atom. The Kier molecular flexibility index (Phi) is 5.01. The van der Waals surface area contributed by atoms with Crippen LogP contribution in [0.15, 0.2) is 24.3 Å². The fraction of sp³-hybridized carbons (Fsp3) is 0.562. The number of carbonyl (C=O) groups excluding carboxylic acids is 1. The average molecular weight is 276 g/mol. The van der Waals surface area contributed by atoms with E-state index in [-0.39, 0.29) is 11.9 Å². The van der Waals surface area contributed by atoms with Crippen molar-refractivity contribution in [2.75, 3.05) is 26.7 Å². The Morgan fingerprint density at radius 3 is 3.00 bits per heavy atom. The number of carbonyl (C=O) groups is 1. The number of nitrogens with zero attached hydrogens (tertiary/aromatic N) is 1. The first-order valence-corrected chi connectivity index (χ1v) is 7.33. The fourth-order valence-electron chi connectivity index (χ4n) is 2.52. The summed E-state index contributed by atoms with van der Waals surface area (Å²) in [5, 5.41) is 3.36. The Morgan fingerprint density at radius 1 is 1.50 bits per heavy atom. The lowest BCUT2D eigenvalue weighted by Crippen LogP contribution is -2.44. The van der Waals surface area contributed by atoms with Crippen molar-refractivity contribution in [1.29, 1.82) is 0 Å². The van der Waals surface area contributed by atoms with E-state index in [0.29, 0.717) is 5.92 Å². The molecule has 110 valence electrons. The van der Waals surface area contributed by atoms with E-state index in [4.69, 9.17) is 4.74 Å². The summed E-state index contributed by atoms with van der Waals surface area (Å²) in [4.78, 5) is 13.8. The van der Waals surface area contributed by atoms with Gasteiger partial charge in [-0.2, -0.15) is 0 Å². The van der Waals surface area contributed by atoms with Crippen molar-refractivity contribution in [1.82, 2.24) is 10.2 Å². The van der Waals surface area contributed by atoms with Crippen LogP contribution in [0.4, 0.5) is 0 Å². The molecule has 1 amide bonds. The maximum Gasteiger partial charge on any atom is 0.239 e. The van der Waals surface area contributed by atoms with Crippen molar-refractivity contribution in [2.24, 2.45) is 0 Å². The Bertz CT molecular complexity index is 462. The zero-order valence-corrected chi connectivity index (χ0v) is 12.6. The van der Waals surface area contributed by atoms with Crippen molar-refractivity contribution in [2.45, 2.75) is 32.2 Å². The first kappa shape index (κ1) is 14.9. The Hall–Kier alpha value is -1.55. The molecule has 2 atom stereocenters. The van der Waals surface area contributed by atoms with Crippen LogP contribution in [0.3, 0.4) is 0 Å². The number of hydrogen-bond acceptors (Lipinski definition) is 3. The molecule has 1 aliphatic rings. The van der Waals surface area contributed by atoms with Crippen LogP contribution in [0.25, 0.3) is 0 Å². The minimum absolute atomic E-state index is 0.144. The van der Waals surface area contributed by atoms with E-state index in [1.807, 2.05) is 39.1 Å². The van der Waals surface area contributed by atoms with E-state index in [2.05, 4.69) is 11.4 Å². The monoisotopic (exact) mass is 276 g/mol. The van der Waals surface area contributed by atoms with Gasteiger partial charge in [0, 0.05) is 26.1 Å². The van der Waals surface area contributed by atoms with Gasteiger partial charge in [-0.25, -0.2) is 0 Å². The molecule has 1 aromatic rings. The second kappa shape index (κ2) is 6.75. The van der Waals surface area contributed by atoms with Crippen LogP contribution in [-0.4, -0.2) is 43.6 Å². The molecule has 0 saturated carbocycles. The van der Waals surface area contributed by atoms with E-state index in [9.17, 15) is 4.79 Å². The van der Waals surface area contributed by atoms with Crippen LogP contribution in [0.1, 0.15) is 31.7 Å². The van der Waals surface area contributed by atoms with E-state index >= 15 is 0 Å². The molecule has 1 aromatic carbocycles. The zero-order chi connectivity index (χ0) is 14.5. The van der Waals surface area contributed by atoms with E-state index < -0.39 is 0 Å². The molecule has 0 bridgehead atoms. The fourth-order valence-corrected chi connectivity index (χ4v) is 2.52. The number of para-hydroxylation sites is 1. The van der Waals surface area contributed by atoms with Gasteiger partial charge < -0.3 is 15.0 Å². The summed E-state index contributed by atoms with van der Waals surface area (Å²) in [7, 11) is 1.84. The maximum absolute atomic E-state index is 12.0. The van der Waals surface area contributed by atoms with Crippen molar-refractivity contribution >= 4 is 5.91 Å². The quantitative estimate of drug-likeness (QED) is 0.894. The SMILES string of the molecule is CCN(C)C(=O)C(C)NCC1CCOc2ccccc21. The number of benzene rings is 1. The number of likely N-dealkylation sites (N-methyl/N-ethyl adjacent to an activating group) is 1. The van der Waals surface area contributed by atoms with E-state index in [1.54, 1.807) is 4.90 Å². The highest BCUT2D eigenvalue weighted by atomic mass is 16.5. The molecule has 0 aliphatic carbocycles. The molecule has 1 heterocycles. The van der Waals surface area contributed by atoms with Crippen LogP contribution in [0.2, 0.25) is 0 Å². The second-order valence-electron chi connectivity index (χ2n) is 5.35. The van der Waals surface area contributed by atoms with Gasteiger partial charge in [0.2, 0.25) is 5.91 Å². The van der Waals surface area contributed by atoms with Crippen LogP contribution in [0, 0.1) is 0 Å². The van der Waals surface area contributed by atoms with Gasteiger partial charge in [-0.05, 0) is 31.9 Å². The summed E-state index contributed by atoms with van der Waals surface area (Å²) in [6.07, 6.45) is 0.995. The molecule has 0 aromatic heterocycles. The molecule has 0 fully saturated rings. The normalized spacial score (nSPS) is 18.9. The van der Waals surface area contributed by atoms with Crippen molar-refractivity contribution in [3.63, 3.8) is 0 Å². The summed E-state index contributed by atoms with van der Waals surface area (Å²) in [5.41, 5.74) is 1.25. The molecule has 4 nitrogen and oxygen atoms in total. The largest absolute Gasteiger partial charge is 0.493 e. The molecule has 1 N–H and O–H groups in total. The lowest BCUT2D eigenvalue weighted by Gasteiger charge is -2.28. The number of rotatable bonds is 5. The predicted molar refractivity (Wildman–Crippen MR) is 80.1 cm³/mol. The third kappa shape index (κ3) is 3.31. The van der Waals surface area contributed by atoms with E-state index in [1.165, 1.54) is 5.56 Å². The van der Waals surface area contributed by atoms with Crippen molar-refractivity contribution in [3.8, 4) is 5.75 Å². The van der Waals surface area contributed by atoms with Gasteiger partial charge in [0.25, 0.3) is 0 Å². The lowest BCUT2D eigenvalue weighted by atomic mass is 9.93. The van der Waals surface area contributed by atoms with Crippen LogP contribution >= 0.6 is 0 Å². The molecular weight excluding hydrogens is 252 g/mol. The highest BCUT2D eigenvalue weighted by Gasteiger charge is 2.23. The average Bonchev–Trinajstić information content (AvgIpc) is 2.50. The predicted octanol–water partition coefficient (Wildman–Crippen LogP) is 2.01. The molecule has 1 aliphatic heterocycles. The third-order valence-corrected chi connectivity index (χ3v) is 3.97. The van der Waals surface area contributed by atoms with Gasteiger partial charge in [-0.15, -0.1) is 0 Å². The standard InChI is InChI=1S/C16H24N2O2/c1-4-18(3)16(19)12(2)17-11-13-9-10-20-15-8-6-5-7-14(13)15/h5-8,12-13,17H,4,9-11H2,1-3H3. The summed E-state index contributed by atoms with van der Waals surface area (Å²) in [6, 6.07) is 8.03. The van der Waals surface area contributed by atoms with Gasteiger partial charge in [-0.1, -0.05) is 18.2 Å². The van der Waals surface area contributed by atoms with Gasteiger partial charge in [0.05, 0.1) is 12.6 Å². The summed E-state index contributed by atoms with van der Waals surface area (Å²) in [6.45, 7) is 6.22. The van der Waals surface area contributed by atoms with Crippen LogP contribution in [-0.2, 0) is 4.79 Å². The molecule has 0 spiro atoms. The molecule has 0 radical (unpaired) electrons. The third-order valence-electron chi connectivity index (χ3n) is 3.97. The molecular formula is C16H24N2O2. The van der Waals surface area contributed by atoms with Gasteiger partial charge in [-0.3, -0.25) is 4.79 Å². The molecule has 20 heavy (non-hydrogen) atoms. The maximum atomic E-state index is 12.0. The molecule has 0 saturated heterocycles. The summed E-state index contributed by atoms with van der Waals surface area (Å²) < 4.78 is 5.66. The van der Waals surface area contributed by atoms with Crippen molar-refractivity contribution < 1.29 is 9.53 Å². The smallest absolute Gasteiger partial charge is 0.239 e. The van der Waals surface area contributed by atoms with Gasteiger partial charge in [0.1, 0.15) is 5.75 Å². The molecule has 2 unspecified atom stereocenters. The second-order valence-corrected chi connectivity index (χ2v) is 5.35. The minimum atomic E-state index is -0.144. The number of ether oxygens (including phenoxy) is 1. The summed E-state index contributed by atoms with van der Waals surface area (Å²) >= 11 is 0. The number of hydrogen-bond donors (Lipinski definition) is 1. The highest BCUT2D eigenvalue weighted by Crippen LogP contribution is 2.32. The Balaban J connectivity index is 1.94. The number of nitrogens with one attached hydrogen (secondary N) is 1. The minimum Gasteiger partial charge on any atom is -0.493 e. The lowest BCUT2D eigenvalue weighted by molar-refractivity contribution is -0.131. The van der Waals surface area contributed by atoms with Gasteiger partial charge >= 0.3 is 0 Å².